The molecule has 0 bridgehead atoms. The van der Waals surface area contributed by atoms with Crippen LogP contribution in [0.5, 0.6) is 0 Å². The predicted octanol–water partition coefficient (Wildman–Crippen LogP) is 2.40. The molecule has 0 aliphatic heterocycles. The molecule has 78 valence electrons. The van der Waals surface area contributed by atoms with Gasteiger partial charge in [0.25, 0.3) is 0 Å². The van der Waals surface area contributed by atoms with Gasteiger partial charge in [-0.1, -0.05) is 18.2 Å². The SMILES string of the molecule is CN.c1ccc(Nc2ccncc2)cc1. The second-order valence-electron chi connectivity index (χ2n) is 2.73. The van der Waals surface area contributed by atoms with Crippen LogP contribution in [0, 0.1) is 0 Å². The van der Waals surface area contributed by atoms with Gasteiger partial charge in [0.1, 0.15) is 0 Å². The second-order valence-corrected chi connectivity index (χ2v) is 2.73. The van der Waals surface area contributed by atoms with Crippen molar-refractivity contribution in [2.45, 2.75) is 0 Å². The van der Waals surface area contributed by atoms with E-state index in [-0.39, 0.29) is 0 Å². The maximum atomic E-state index is 4.50. The van der Waals surface area contributed by atoms with Crippen LogP contribution in [-0.2, 0) is 0 Å². The lowest BCUT2D eigenvalue weighted by Gasteiger charge is -2.04. The molecular formula is C12H15N3. The lowest BCUT2D eigenvalue weighted by atomic mass is 10.3. The second kappa shape index (κ2) is 6.56. The smallest absolute Gasteiger partial charge is 0.0415 e. The summed E-state index contributed by atoms with van der Waals surface area (Å²) in [6.45, 7) is 0. The van der Waals surface area contributed by atoms with Crippen molar-refractivity contribution in [2.24, 2.45) is 5.73 Å². The molecule has 0 fully saturated rings. The summed E-state index contributed by atoms with van der Waals surface area (Å²) in [4.78, 5) is 3.95. The van der Waals surface area contributed by atoms with Crippen LogP contribution in [0.1, 0.15) is 0 Å². The molecule has 2 aromatic rings. The summed E-state index contributed by atoms with van der Waals surface area (Å²) in [7, 11) is 1.50. The van der Waals surface area contributed by atoms with Crippen LogP contribution in [0.3, 0.4) is 0 Å². The Morgan fingerprint density at radius 2 is 1.40 bits per heavy atom. The molecule has 3 heteroatoms. The third kappa shape index (κ3) is 3.79. The third-order valence-electron chi connectivity index (χ3n) is 1.74. The molecule has 0 spiro atoms. The molecule has 3 N–H and O–H groups in total. The Morgan fingerprint density at radius 3 is 2.00 bits per heavy atom. The summed E-state index contributed by atoms with van der Waals surface area (Å²) in [6, 6.07) is 13.9. The van der Waals surface area contributed by atoms with E-state index >= 15 is 0 Å². The Hall–Kier alpha value is -1.87. The largest absolute Gasteiger partial charge is 0.355 e. The maximum Gasteiger partial charge on any atom is 0.0415 e. The summed E-state index contributed by atoms with van der Waals surface area (Å²) in [6.07, 6.45) is 3.54. The number of nitrogens with one attached hydrogen (secondary N) is 1. The molecule has 0 saturated heterocycles. The van der Waals surface area contributed by atoms with E-state index in [1.165, 1.54) is 7.05 Å². The summed E-state index contributed by atoms with van der Waals surface area (Å²) in [5.74, 6) is 0. The Bertz CT molecular complexity index is 322. The lowest BCUT2D eigenvalue weighted by molar-refractivity contribution is 1.32. The van der Waals surface area contributed by atoms with Crippen molar-refractivity contribution in [1.29, 1.82) is 0 Å². The highest BCUT2D eigenvalue weighted by Gasteiger charge is 1.90. The Balaban J connectivity index is 0.000000531. The van der Waals surface area contributed by atoms with Gasteiger partial charge in [0, 0.05) is 23.8 Å². The molecule has 1 aromatic carbocycles. The van der Waals surface area contributed by atoms with Gasteiger partial charge in [-0.2, -0.15) is 0 Å². The highest BCUT2D eigenvalue weighted by atomic mass is 14.9. The Kier molecular flexibility index (Phi) is 4.90. The molecule has 3 nitrogen and oxygen atoms in total. The van der Waals surface area contributed by atoms with Gasteiger partial charge < -0.3 is 11.1 Å². The van der Waals surface area contributed by atoms with Crippen LogP contribution in [0.15, 0.2) is 54.9 Å². The summed E-state index contributed by atoms with van der Waals surface area (Å²) in [5.41, 5.74) is 6.65. The lowest BCUT2D eigenvalue weighted by Crippen LogP contribution is -1.88. The topological polar surface area (TPSA) is 50.9 Å². The van der Waals surface area contributed by atoms with E-state index in [9.17, 15) is 0 Å². The quantitative estimate of drug-likeness (QED) is 0.784. The number of pyridine rings is 1. The van der Waals surface area contributed by atoms with Crippen LogP contribution in [-0.4, -0.2) is 12.0 Å². The minimum absolute atomic E-state index is 1.06. The van der Waals surface area contributed by atoms with Crippen LogP contribution in [0.25, 0.3) is 0 Å². The number of anilines is 2. The van der Waals surface area contributed by atoms with Crippen molar-refractivity contribution in [3.8, 4) is 0 Å². The number of rotatable bonds is 2. The normalized spacial score (nSPS) is 8.67. The van der Waals surface area contributed by atoms with E-state index in [0.29, 0.717) is 0 Å². The standard InChI is InChI=1S/C11H10N2.CH5N/c1-2-4-10(5-3-1)13-11-6-8-12-9-7-11;1-2/h1-9H,(H,12,13);2H2,1H3. The highest BCUT2D eigenvalue weighted by molar-refractivity contribution is 5.58. The maximum absolute atomic E-state index is 4.50. The van der Waals surface area contributed by atoms with E-state index in [1.54, 1.807) is 12.4 Å². The molecule has 0 amide bonds. The van der Waals surface area contributed by atoms with Gasteiger partial charge >= 0.3 is 0 Å². The minimum Gasteiger partial charge on any atom is -0.355 e. The molecule has 1 heterocycles. The van der Waals surface area contributed by atoms with E-state index in [1.807, 2.05) is 42.5 Å². The van der Waals surface area contributed by atoms with Crippen LogP contribution in [0.4, 0.5) is 11.4 Å². The molecule has 2 rings (SSSR count). The van der Waals surface area contributed by atoms with Gasteiger partial charge in [-0.25, -0.2) is 0 Å². The number of nitrogens with zero attached hydrogens (tertiary/aromatic N) is 1. The molecule has 0 saturated carbocycles. The van der Waals surface area contributed by atoms with E-state index in [4.69, 9.17) is 0 Å². The zero-order valence-corrected chi connectivity index (χ0v) is 8.72. The minimum atomic E-state index is 1.06. The molecule has 0 atom stereocenters. The van der Waals surface area contributed by atoms with Gasteiger partial charge in [-0.05, 0) is 31.3 Å². The molecule has 0 radical (unpaired) electrons. The van der Waals surface area contributed by atoms with Gasteiger partial charge in [-0.3, -0.25) is 4.98 Å². The first kappa shape index (κ1) is 11.2. The van der Waals surface area contributed by atoms with Crippen LogP contribution < -0.4 is 11.1 Å². The summed E-state index contributed by atoms with van der Waals surface area (Å²) >= 11 is 0. The molecule has 0 aliphatic rings. The van der Waals surface area contributed by atoms with E-state index in [0.717, 1.165) is 11.4 Å². The Labute approximate surface area is 90.0 Å². The molecule has 0 aliphatic carbocycles. The monoisotopic (exact) mass is 201 g/mol. The average Bonchev–Trinajstić information content (AvgIpc) is 2.34. The van der Waals surface area contributed by atoms with Gasteiger partial charge in [0.2, 0.25) is 0 Å². The van der Waals surface area contributed by atoms with Gasteiger partial charge in [0.15, 0.2) is 0 Å². The van der Waals surface area contributed by atoms with Crippen molar-refractivity contribution >= 4 is 11.4 Å². The molecular weight excluding hydrogens is 186 g/mol. The van der Waals surface area contributed by atoms with Gasteiger partial charge in [0.05, 0.1) is 0 Å². The first-order chi connectivity index (χ1) is 7.45. The predicted molar refractivity (Wildman–Crippen MR) is 64.1 cm³/mol. The molecule has 15 heavy (non-hydrogen) atoms. The average molecular weight is 201 g/mol. The van der Waals surface area contributed by atoms with Gasteiger partial charge in [-0.15, -0.1) is 0 Å². The number of para-hydroxylation sites is 1. The summed E-state index contributed by atoms with van der Waals surface area (Å²) in [5, 5.41) is 3.26. The first-order valence-corrected chi connectivity index (χ1v) is 4.75. The van der Waals surface area contributed by atoms with E-state index in [2.05, 4.69) is 16.0 Å². The first-order valence-electron chi connectivity index (χ1n) is 4.75. The fraction of sp³-hybridized carbons (Fsp3) is 0.0833. The van der Waals surface area contributed by atoms with Crippen LogP contribution in [0.2, 0.25) is 0 Å². The number of hydrogen-bond donors (Lipinski definition) is 2. The van der Waals surface area contributed by atoms with Crippen LogP contribution >= 0.6 is 0 Å². The number of nitrogens with two attached hydrogens (primary N) is 1. The molecule has 0 unspecified atom stereocenters. The fourth-order valence-corrected chi connectivity index (χ4v) is 1.12. The Morgan fingerprint density at radius 1 is 0.867 bits per heavy atom. The zero-order valence-electron chi connectivity index (χ0n) is 8.72. The number of aromatic nitrogens is 1. The van der Waals surface area contributed by atoms with E-state index < -0.39 is 0 Å². The van der Waals surface area contributed by atoms with Crippen molar-refractivity contribution in [3.05, 3.63) is 54.9 Å². The summed E-state index contributed by atoms with van der Waals surface area (Å²) < 4.78 is 0. The van der Waals surface area contributed by atoms with Crippen molar-refractivity contribution in [3.63, 3.8) is 0 Å². The highest BCUT2D eigenvalue weighted by Crippen LogP contribution is 2.13. The number of hydrogen-bond acceptors (Lipinski definition) is 3. The third-order valence-corrected chi connectivity index (χ3v) is 1.74. The molecule has 1 aromatic heterocycles. The van der Waals surface area contributed by atoms with Crippen molar-refractivity contribution in [1.82, 2.24) is 4.98 Å². The zero-order chi connectivity index (χ0) is 10.9. The number of benzene rings is 1. The fourth-order valence-electron chi connectivity index (χ4n) is 1.12. The van der Waals surface area contributed by atoms with Crippen molar-refractivity contribution in [2.75, 3.05) is 12.4 Å². The van der Waals surface area contributed by atoms with Crippen molar-refractivity contribution < 1.29 is 0 Å².